The number of allylic oxidation sites excluding steroid dienone is 1. The molecule has 1 amide bonds. The summed E-state index contributed by atoms with van der Waals surface area (Å²) in [5.41, 5.74) is 3.86. The first-order chi connectivity index (χ1) is 23.3. The lowest BCUT2D eigenvalue weighted by Gasteiger charge is -2.25. The number of carbonyl (C=O) groups excluding carboxylic acids is 1. The Morgan fingerprint density at radius 3 is 2.56 bits per heavy atom. The number of amides is 1. The highest BCUT2D eigenvalue weighted by Crippen LogP contribution is 2.38. The van der Waals surface area contributed by atoms with Crippen LogP contribution in [0, 0.1) is 11.3 Å². The van der Waals surface area contributed by atoms with Gasteiger partial charge >= 0.3 is 0 Å². The van der Waals surface area contributed by atoms with Crippen LogP contribution in [-0.2, 0) is 11.4 Å². The van der Waals surface area contributed by atoms with Gasteiger partial charge in [-0.25, -0.2) is 4.99 Å². The minimum atomic E-state index is -0.754. The molecule has 1 atom stereocenters. The fourth-order valence-electron chi connectivity index (χ4n) is 5.48. The minimum Gasteiger partial charge on any atom is -0.497 e. The maximum absolute atomic E-state index is 14.2. The van der Waals surface area contributed by atoms with E-state index in [0.717, 1.165) is 5.56 Å². The van der Waals surface area contributed by atoms with Crippen LogP contribution in [0.1, 0.15) is 35.2 Å². The van der Waals surface area contributed by atoms with Crippen LogP contribution in [0.25, 0.3) is 6.08 Å². The molecule has 11 heteroatoms. The summed E-state index contributed by atoms with van der Waals surface area (Å²) in [4.78, 5) is 33.2. The van der Waals surface area contributed by atoms with Crippen LogP contribution in [0.4, 0.5) is 5.69 Å². The maximum atomic E-state index is 14.2. The van der Waals surface area contributed by atoms with Gasteiger partial charge in [-0.05, 0) is 82.5 Å². The van der Waals surface area contributed by atoms with E-state index in [4.69, 9.17) is 19.2 Å². The van der Waals surface area contributed by atoms with E-state index in [1.54, 1.807) is 55.0 Å². The lowest BCUT2D eigenvalue weighted by molar-refractivity contribution is -0.113. The summed E-state index contributed by atoms with van der Waals surface area (Å²) in [7, 11) is 3.11. The van der Waals surface area contributed by atoms with E-state index >= 15 is 0 Å². The van der Waals surface area contributed by atoms with Gasteiger partial charge in [-0.15, -0.1) is 0 Å². The van der Waals surface area contributed by atoms with Crippen molar-refractivity contribution in [3.8, 4) is 23.3 Å². The number of fused-ring (bicyclic) bond motifs is 1. The van der Waals surface area contributed by atoms with E-state index < -0.39 is 6.04 Å². The number of ether oxygens (including phenoxy) is 3. The van der Waals surface area contributed by atoms with Crippen LogP contribution in [-0.4, -0.2) is 24.7 Å². The van der Waals surface area contributed by atoms with E-state index in [-0.39, 0.29) is 18.1 Å². The van der Waals surface area contributed by atoms with Crippen molar-refractivity contribution in [2.75, 3.05) is 19.5 Å². The number of nitrogens with zero attached hydrogens (tertiary/aromatic N) is 3. The van der Waals surface area contributed by atoms with Crippen molar-refractivity contribution in [2.45, 2.75) is 19.6 Å². The van der Waals surface area contributed by atoms with Gasteiger partial charge in [0.05, 0.1) is 52.2 Å². The lowest BCUT2D eigenvalue weighted by Crippen LogP contribution is -2.40. The van der Waals surface area contributed by atoms with Gasteiger partial charge < -0.3 is 19.5 Å². The Kier molecular flexibility index (Phi) is 9.57. The van der Waals surface area contributed by atoms with Gasteiger partial charge in [0.25, 0.3) is 11.5 Å². The summed E-state index contributed by atoms with van der Waals surface area (Å²) in [6, 6.07) is 28.8. The van der Waals surface area contributed by atoms with Gasteiger partial charge in [0.1, 0.15) is 12.4 Å². The number of nitriles is 1. The number of methoxy groups -OCH3 is 2. The number of benzene rings is 4. The fraction of sp³-hybridized carbons (Fsp3) is 0.135. The van der Waals surface area contributed by atoms with Crippen LogP contribution in [0.2, 0.25) is 0 Å². The molecule has 0 bridgehead atoms. The average molecular weight is 722 g/mol. The van der Waals surface area contributed by atoms with Crippen molar-refractivity contribution in [2.24, 2.45) is 4.99 Å². The smallest absolute Gasteiger partial charge is 0.271 e. The summed E-state index contributed by atoms with van der Waals surface area (Å²) in [5.74, 6) is 1.16. The van der Waals surface area contributed by atoms with Crippen LogP contribution in [0.3, 0.4) is 0 Å². The normalized spacial score (nSPS) is 14.1. The molecule has 0 saturated heterocycles. The first-order valence-corrected chi connectivity index (χ1v) is 16.4. The number of para-hydroxylation sites is 1. The molecule has 6 rings (SSSR count). The third-order valence-corrected chi connectivity index (χ3v) is 9.34. The molecule has 5 aromatic rings. The molecule has 2 heterocycles. The van der Waals surface area contributed by atoms with Gasteiger partial charge in [-0.3, -0.25) is 14.2 Å². The SMILES string of the molecule is COc1cccc([C@H]2C(C(=O)Nc3ccccc3)=C(C)N=c3s/c(=C\c4cc(Br)c(OCc5ccccc5C#N)c(OC)c4)c(=O)n32)c1. The molecule has 48 heavy (non-hydrogen) atoms. The van der Waals surface area contributed by atoms with Crippen LogP contribution in [0.15, 0.2) is 117 Å². The molecular weight excluding hydrogens is 692 g/mol. The first-order valence-electron chi connectivity index (χ1n) is 14.8. The Bertz CT molecular complexity index is 2290. The molecule has 1 N–H and O–H groups in total. The molecule has 1 aliphatic rings. The standard InChI is InChI=1S/C37H29BrN4O5S/c1-22-32(35(43)41-27-13-5-4-6-14-27)33(24-12-9-15-28(19-24)45-2)42-36(44)31(48-37(42)40-22)18-23-16-29(38)34(30(17-23)46-3)47-21-26-11-8-7-10-25(26)20-39/h4-19,33H,21H2,1-3H3,(H,41,43)/b31-18-/t33-/m0/s1. The van der Waals surface area contributed by atoms with Crippen molar-refractivity contribution < 1.29 is 19.0 Å². The Labute approximate surface area is 288 Å². The summed E-state index contributed by atoms with van der Waals surface area (Å²) in [6.07, 6.45) is 1.76. The number of carbonyl (C=O) groups is 1. The minimum absolute atomic E-state index is 0.167. The largest absolute Gasteiger partial charge is 0.497 e. The van der Waals surface area contributed by atoms with Crippen molar-refractivity contribution in [1.82, 2.24) is 4.57 Å². The molecular formula is C37H29BrN4O5S. The predicted octanol–water partition coefficient (Wildman–Crippen LogP) is 6.10. The Hall–Kier alpha value is -5.44. The predicted molar refractivity (Wildman–Crippen MR) is 188 cm³/mol. The molecule has 4 aromatic carbocycles. The topological polar surface area (TPSA) is 115 Å². The average Bonchev–Trinajstić information content (AvgIpc) is 3.40. The zero-order valence-corrected chi connectivity index (χ0v) is 28.6. The molecule has 0 spiro atoms. The molecule has 0 fully saturated rings. The van der Waals surface area contributed by atoms with E-state index in [1.165, 1.54) is 18.4 Å². The van der Waals surface area contributed by atoms with Crippen LogP contribution >= 0.6 is 27.3 Å². The molecule has 0 radical (unpaired) electrons. The molecule has 1 aromatic heterocycles. The van der Waals surface area contributed by atoms with Gasteiger partial charge in [0, 0.05) is 11.3 Å². The Morgan fingerprint density at radius 1 is 1.04 bits per heavy atom. The number of thiazole rings is 1. The summed E-state index contributed by atoms with van der Waals surface area (Å²) in [6.45, 7) is 1.94. The lowest BCUT2D eigenvalue weighted by atomic mass is 9.95. The molecule has 0 unspecified atom stereocenters. The van der Waals surface area contributed by atoms with Crippen molar-refractivity contribution in [3.05, 3.63) is 149 Å². The van der Waals surface area contributed by atoms with E-state index in [0.29, 0.717) is 64.7 Å². The highest BCUT2D eigenvalue weighted by Gasteiger charge is 2.33. The summed E-state index contributed by atoms with van der Waals surface area (Å²) in [5, 5.41) is 12.4. The van der Waals surface area contributed by atoms with Gasteiger partial charge in [-0.2, -0.15) is 5.26 Å². The van der Waals surface area contributed by atoms with Crippen molar-refractivity contribution in [1.29, 1.82) is 5.26 Å². The van der Waals surface area contributed by atoms with Gasteiger partial charge in [0.15, 0.2) is 16.3 Å². The number of anilines is 1. The molecule has 1 aliphatic heterocycles. The zero-order valence-electron chi connectivity index (χ0n) is 26.2. The van der Waals surface area contributed by atoms with E-state index in [1.807, 2.05) is 60.7 Å². The first kappa shape index (κ1) is 32.5. The fourth-order valence-corrected chi connectivity index (χ4v) is 7.10. The van der Waals surface area contributed by atoms with Crippen LogP contribution < -0.4 is 34.4 Å². The molecule has 0 saturated carbocycles. The third kappa shape index (κ3) is 6.53. The van der Waals surface area contributed by atoms with Gasteiger partial charge in [-0.1, -0.05) is 59.9 Å². The quantitative estimate of drug-likeness (QED) is 0.197. The second-order valence-corrected chi connectivity index (χ2v) is 12.6. The number of hydrogen-bond donors (Lipinski definition) is 1. The molecule has 9 nitrogen and oxygen atoms in total. The van der Waals surface area contributed by atoms with Crippen LogP contribution in [0.5, 0.6) is 17.2 Å². The number of hydrogen-bond acceptors (Lipinski definition) is 8. The molecule has 240 valence electrons. The second kappa shape index (κ2) is 14.1. The molecule has 0 aliphatic carbocycles. The Balaban J connectivity index is 1.41. The zero-order chi connectivity index (χ0) is 33.8. The second-order valence-electron chi connectivity index (χ2n) is 10.8. The number of halogens is 1. The Morgan fingerprint density at radius 2 is 1.81 bits per heavy atom. The van der Waals surface area contributed by atoms with Gasteiger partial charge in [0.2, 0.25) is 0 Å². The highest BCUT2D eigenvalue weighted by molar-refractivity contribution is 9.10. The van der Waals surface area contributed by atoms with E-state index in [2.05, 4.69) is 27.3 Å². The highest BCUT2D eigenvalue weighted by atomic mass is 79.9. The number of rotatable bonds is 9. The van der Waals surface area contributed by atoms with E-state index in [9.17, 15) is 14.9 Å². The summed E-state index contributed by atoms with van der Waals surface area (Å²) < 4.78 is 19.8. The number of aromatic nitrogens is 1. The van der Waals surface area contributed by atoms with Crippen molar-refractivity contribution >= 4 is 44.9 Å². The monoisotopic (exact) mass is 720 g/mol. The summed E-state index contributed by atoms with van der Waals surface area (Å²) >= 11 is 4.83. The third-order valence-electron chi connectivity index (χ3n) is 7.77. The maximum Gasteiger partial charge on any atom is 0.271 e. The van der Waals surface area contributed by atoms with Crippen molar-refractivity contribution in [3.63, 3.8) is 0 Å². The number of nitrogens with one attached hydrogen (secondary N) is 1.